The van der Waals surface area contributed by atoms with Crippen molar-refractivity contribution in [1.82, 2.24) is 0 Å². The number of carbonyl (C=O) groups is 2. The van der Waals surface area contributed by atoms with Crippen LogP contribution in [-0.2, 0) is 4.79 Å². The Morgan fingerprint density at radius 2 is 1.35 bits per heavy atom. The lowest BCUT2D eigenvalue weighted by Crippen LogP contribution is -2.25. The number of benzene rings is 3. The number of hydrogen-bond donors (Lipinski definition) is 0. The number of hydrogen-bond acceptors (Lipinski definition) is 5. The summed E-state index contributed by atoms with van der Waals surface area (Å²) in [5, 5.41) is -0.905. The van der Waals surface area contributed by atoms with Crippen LogP contribution in [-0.4, -0.2) is 23.9 Å². The molecule has 5 nitrogen and oxygen atoms in total. The van der Waals surface area contributed by atoms with Crippen LogP contribution in [0.4, 0.5) is 4.39 Å². The van der Waals surface area contributed by atoms with Gasteiger partial charge in [-0.1, -0.05) is 83.6 Å². The summed E-state index contributed by atoms with van der Waals surface area (Å²) in [5.41, 5.74) is 1.94. The van der Waals surface area contributed by atoms with Gasteiger partial charge < -0.3 is 14.2 Å². The molecule has 0 aliphatic rings. The second-order valence-corrected chi connectivity index (χ2v) is 10.6. The molecule has 3 aromatic rings. The zero-order chi connectivity index (χ0) is 28.9. The van der Waals surface area contributed by atoms with Crippen molar-refractivity contribution in [3.63, 3.8) is 0 Å². The minimum Gasteiger partial charge on any atom is -0.494 e. The molecule has 0 radical (unpaired) electrons. The molecule has 0 saturated carbocycles. The molecule has 0 N–H and O–H groups in total. The van der Waals surface area contributed by atoms with Crippen molar-refractivity contribution in [2.24, 2.45) is 5.92 Å². The Morgan fingerprint density at radius 1 is 0.775 bits per heavy atom. The van der Waals surface area contributed by atoms with E-state index in [4.69, 9.17) is 25.8 Å². The number of alkyl halides is 1. The van der Waals surface area contributed by atoms with E-state index in [-0.39, 0.29) is 17.2 Å². The molecule has 40 heavy (non-hydrogen) atoms. The first-order valence-corrected chi connectivity index (χ1v) is 14.4. The van der Waals surface area contributed by atoms with Crippen LogP contribution < -0.4 is 14.2 Å². The van der Waals surface area contributed by atoms with Gasteiger partial charge in [-0.05, 0) is 65.9 Å². The van der Waals surface area contributed by atoms with Crippen molar-refractivity contribution in [1.29, 1.82) is 0 Å². The average Bonchev–Trinajstić information content (AvgIpc) is 2.95. The second-order valence-electron chi connectivity index (χ2n) is 10.1. The van der Waals surface area contributed by atoms with E-state index in [1.54, 1.807) is 26.0 Å². The Hall–Kier alpha value is -3.38. The van der Waals surface area contributed by atoms with Crippen LogP contribution in [0.5, 0.6) is 17.2 Å². The van der Waals surface area contributed by atoms with E-state index >= 15 is 0 Å². The smallest absolute Gasteiger partial charge is 0.343 e. The number of rotatable bonds is 15. The molecule has 0 bridgehead atoms. The number of carbonyl (C=O) groups excluding carboxylic acids is 2. The summed E-state index contributed by atoms with van der Waals surface area (Å²) in [5.74, 6) is -1.65. The lowest BCUT2D eigenvalue weighted by atomic mass is 10.1. The molecule has 214 valence electrons. The van der Waals surface area contributed by atoms with E-state index in [0.717, 1.165) is 36.0 Å². The molecule has 0 aliphatic heterocycles. The first-order chi connectivity index (χ1) is 19.3. The number of halogens is 2. The third kappa shape index (κ3) is 9.67. The van der Waals surface area contributed by atoms with E-state index in [0.29, 0.717) is 5.75 Å². The van der Waals surface area contributed by atoms with Crippen molar-refractivity contribution < 1.29 is 28.2 Å². The molecular weight excluding hydrogens is 531 g/mol. The Kier molecular flexibility index (Phi) is 12.5. The van der Waals surface area contributed by atoms with Crippen molar-refractivity contribution in [2.75, 3.05) is 6.61 Å². The van der Waals surface area contributed by atoms with Gasteiger partial charge in [0, 0.05) is 0 Å². The topological polar surface area (TPSA) is 61.8 Å². The lowest BCUT2D eigenvalue weighted by Gasteiger charge is -2.13. The van der Waals surface area contributed by atoms with Crippen molar-refractivity contribution in [3.05, 3.63) is 78.1 Å². The average molecular weight is 569 g/mol. The maximum atomic E-state index is 14.5. The van der Waals surface area contributed by atoms with Gasteiger partial charge in [0.15, 0.2) is 11.6 Å². The minimum absolute atomic E-state index is 0.0141. The van der Waals surface area contributed by atoms with Gasteiger partial charge in [-0.3, -0.25) is 4.79 Å². The Bertz CT molecular complexity index is 1220. The molecule has 0 aromatic heterocycles. The van der Waals surface area contributed by atoms with Crippen molar-refractivity contribution in [3.8, 4) is 28.4 Å². The third-order valence-electron chi connectivity index (χ3n) is 6.46. The standard InChI is InChI=1S/C33H38ClFO5/c1-4-5-6-7-8-9-10-21-38-27-16-11-24(12-17-27)25-13-18-28(19-14-25)39-32(36)26-15-20-30(29(35)22-26)40-33(37)31(34)23(2)3/h11-20,22-23,31H,4-10,21H2,1-3H3. The quantitative estimate of drug-likeness (QED) is 0.0792. The summed E-state index contributed by atoms with van der Waals surface area (Å²) in [6.07, 6.45) is 8.74. The molecular formula is C33H38ClFO5. The van der Waals surface area contributed by atoms with Crippen LogP contribution in [0, 0.1) is 11.7 Å². The minimum atomic E-state index is -0.905. The molecule has 0 fully saturated rings. The fourth-order valence-electron chi connectivity index (χ4n) is 4.02. The first kappa shape index (κ1) is 31.2. The molecule has 0 amide bonds. The highest BCUT2D eigenvalue weighted by Crippen LogP contribution is 2.26. The predicted octanol–water partition coefficient (Wildman–Crippen LogP) is 9.01. The zero-order valence-electron chi connectivity index (χ0n) is 23.5. The highest BCUT2D eigenvalue weighted by atomic mass is 35.5. The number of ether oxygens (including phenoxy) is 3. The molecule has 3 aromatic carbocycles. The summed E-state index contributed by atoms with van der Waals surface area (Å²) < 4.78 is 30.7. The van der Waals surface area contributed by atoms with Gasteiger partial charge in [-0.25, -0.2) is 9.18 Å². The van der Waals surface area contributed by atoms with Gasteiger partial charge in [0.1, 0.15) is 16.9 Å². The van der Waals surface area contributed by atoms with E-state index in [1.807, 2.05) is 36.4 Å². The maximum Gasteiger partial charge on any atom is 0.343 e. The van der Waals surface area contributed by atoms with Crippen molar-refractivity contribution in [2.45, 2.75) is 71.1 Å². The Labute approximate surface area is 241 Å². The normalized spacial score (nSPS) is 11.8. The van der Waals surface area contributed by atoms with E-state index in [9.17, 15) is 14.0 Å². The summed E-state index contributed by atoms with van der Waals surface area (Å²) in [6.45, 7) is 6.46. The molecule has 1 atom stereocenters. The SMILES string of the molecule is CCCCCCCCCOc1ccc(-c2ccc(OC(=O)c3ccc(OC(=O)C(Cl)C(C)C)c(F)c3)cc2)cc1. The van der Waals surface area contributed by atoms with Crippen LogP contribution in [0.2, 0.25) is 0 Å². The lowest BCUT2D eigenvalue weighted by molar-refractivity contribution is -0.134. The Morgan fingerprint density at radius 3 is 1.93 bits per heavy atom. The maximum absolute atomic E-state index is 14.5. The fraction of sp³-hybridized carbons (Fsp3) is 0.394. The zero-order valence-corrected chi connectivity index (χ0v) is 24.2. The first-order valence-electron chi connectivity index (χ1n) is 14.0. The highest BCUT2D eigenvalue weighted by Gasteiger charge is 2.23. The fourth-order valence-corrected chi connectivity index (χ4v) is 4.07. The van der Waals surface area contributed by atoms with Gasteiger partial charge in [0.05, 0.1) is 12.2 Å². The molecule has 7 heteroatoms. The van der Waals surface area contributed by atoms with Crippen LogP contribution in [0.25, 0.3) is 11.1 Å². The molecule has 1 unspecified atom stereocenters. The molecule has 0 saturated heterocycles. The van der Waals surface area contributed by atoms with E-state index < -0.39 is 23.1 Å². The van der Waals surface area contributed by atoms with Crippen LogP contribution in [0.1, 0.15) is 76.1 Å². The summed E-state index contributed by atoms with van der Waals surface area (Å²) in [7, 11) is 0. The van der Waals surface area contributed by atoms with Gasteiger partial charge in [0.2, 0.25) is 0 Å². The monoisotopic (exact) mass is 568 g/mol. The second kappa shape index (κ2) is 16.0. The molecule has 0 heterocycles. The highest BCUT2D eigenvalue weighted by molar-refractivity contribution is 6.30. The largest absolute Gasteiger partial charge is 0.494 e. The van der Waals surface area contributed by atoms with Crippen molar-refractivity contribution >= 4 is 23.5 Å². The molecule has 3 rings (SSSR count). The Balaban J connectivity index is 1.49. The van der Waals surface area contributed by atoms with Crippen LogP contribution >= 0.6 is 11.6 Å². The van der Waals surface area contributed by atoms with Gasteiger partial charge in [-0.2, -0.15) is 0 Å². The van der Waals surface area contributed by atoms with E-state index in [1.165, 1.54) is 50.7 Å². The predicted molar refractivity (Wildman–Crippen MR) is 157 cm³/mol. The summed E-state index contributed by atoms with van der Waals surface area (Å²) >= 11 is 5.96. The molecule has 0 aliphatic carbocycles. The summed E-state index contributed by atoms with van der Waals surface area (Å²) in [4.78, 5) is 24.5. The summed E-state index contributed by atoms with van der Waals surface area (Å²) in [6, 6.07) is 18.4. The van der Waals surface area contributed by atoms with E-state index in [2.05, 4.69) is 6.92 Å². The number of unbranched alkanes of at least 4 members (excludes halogenated alkanes) is 6. The number of esters is 2. The van der Waals surface area contributed by atoms with Crippen LogP contribution in [0.15, 0.2) is 66.7 Å². The van der Waals surface area contributed by atoms with Gasteiger partial charge in [-0.15, -0.1) is 11.6 Å². The third-order valence-corrected chi connectivity index (χ3v) is 7.14. The van der Waals surface area contributed by atoms with Crippen LogP contribution in [0.3, 0.4) is 0 Å². The molecule has 0 spiro atoms. The van der Waals surface area contributed by atoms with Gasteiger partial charge in [0.25, 0.3) is 0 Å². The van der Waals surface area contributed by atoms with Gasteiger partial charge >= 0.3 is 11.9 Å².